The Labute approximate surface area is 144 Å². The Bertz CT molecular complexity index is 469. The molecular weight excluding hydrogens is 300 g/mol. The molecule has 1 rings (SSSR count). The van der Waals surface area contributed by atoms with Crippen LogP contribution in [0.3, 0.4) is 0 Å². The molecule has 2 nitrogen and oxygen atoms in total. The fraction of sp³-hybridized carbons (Fsp3) is 0.650. The van der Waals surface area contributed by atoms with Gasteiger partial charge in [-0.25, -0.2) is 0 Å². The maximum Gasteiger partial charge on any atom is 0.311 e. The molecule has 0 saturated heterocycles. The normalized spacial score (nSPS) is 12.9. The van der Waals surface area contributed by atoms with Gasteiger partial charge in [0, 0.05) is 0 Å². The first-order chi connectivity index (χ1) is 10.5. The Balaban J connectivity index is 0.000000468. The maximum absolute atomic E-state index is 10.8. The Morgan fingerprint density at radius 2 is 1.61 bits per heavy atom. The second-order valence-electron chi connectivity index (χ2n) is 7.91. The Kier molecular flexibility index (Phi) is 8.82. The van der Waals surface area contributed by atoms with Crippen molar-refractivity contribution in [2.45, 2.75) is 73.0 Å². The molecular formula is C20H36O2Si. The van der Waals surface area contributed by atoms with E-state index in [1.54, 1.807) is 5.19 Å². The van der Waals surface area contributed by atoms with Crippen LogP contribution in [0.1, 0.15) is 58.9 Å². The molecule has 0 aromatic heterocycles. The molecule has 3 heteroatoms. The summed E-state index contributed by atoms with van der Waals surface area (Å²) in [4.78, 5) is 10.8. The van der Waals surface area contributed by atoms with Crippen LogP contribution in [-0.4, -0.2) is 21.2 Å². The molecule has 0 spiro atoms. The molecule has 1 aromatic rings. The van der Waals surface area contributed by atoms with Crippen LogP contribution in [0.2, 0.25) is 19.6 Å². The van der Waals surface area contributed by atoms with Crippen molar-refractivity contribution in [2.24, 2.45) is 5.41 Å². The predicted molar refractivity (Wildman–Crippen MR) is 104 cm³/mol. The van der Waals surface area contributed by atoms with E-state index in [2.05, 4.69) is 62.5 Å². The second kappa shape index (κ2) is 9.26. The highest BCUT2D eigenvalue weighted by Crippen LogP contribution is 2.20. The number of ether oxygens (including phenoxy) is 1. The molecule has 0 bridgehead atoms. The minimum absolute atomic E-state index is 0.134. The average molecular weight is 337 g/mol. The molecule has 23 heavy (non-hydrogen) atoms. The van der Waals surface area contributed by atoms with E-state index in [0.717, 1.165) is 6.42 Å². The molecule has 1 unspecified atom stereocenters. The quantitative estimate of drug-likeness (QED) is 0.536. The highest BCUT2D eigenvalue weighted by Gasteiger charge is 2.25. The first-order valence-corrected chi connectivity index (χ1v) is 12.2. The van der Waals surface area contributed by atoms with Gasteiger partial charge in [0.2, 0.25) is 0 Å². The van der Waals surface area contributed by atoms with Crippen molar-refractivity contribution in [3.63, 3.8) is 0 Å². The van der Waals surface area contributed by atoms with Gasteiger partial charge in [0.1, 0.15) is 0 Å². The number of benzene rings is 1. The van der Waals surface area contributed by atoms with Gasteiger partial charge in [-0.15, -0.1) is 0 Å². The van der Waals surface area contributed by atoms with Gasteiger partial charge in [-0.3, -0.25) is 4.79 Å². The van der Waals surface area contributed by atoms with Gasteiger partial charge in [-0.1, -0.05) is 69.9 Å². The molecule has 0 aliphatic carbocycles. The van der Waals surface area contributed by atoms with Crippen molar-refractivity contribution in [3.8, 4) is 0 Å². The first kappa shape index (κ1) is 21.9. The molecule has 1 aromatic carbocycles. The lowest BCUT2D eigenvalue weighted by molar-refractivity contribution is -0.150. The molecule has 0 N–H and O–H groups in total. The highest BCUT2D eigenvalue weighted by molar-refractivity contribution is 6.88. The molecule has 0 saturated carbocycles. The smallest absolute Gasteiger partial charge is 0.311 e. The number of hydrogen-bond donors (Lipinski definition) is 0. The van der Waals surface area contributed by atoms with E-state index in [1.807, 2.05) is 20.8 Å². The van der Waals surface area contributed by atoms with E-state index in [0.29, 0.717) is 5.92 Å². The molecule has 1 atom stereocenters. The monoisotopic (exact) mass is 336 g/mol. The van der Waals surface area contributed by atoms with Crippen LogP contribution in [0, 0.1) is 5.41 Å². The fourth-order valence-electron chi connectivity index (χ4n) is 1.97. The van der Waals surface area contributed by atoms with Gasteiger partial charge in [0.15, 0.2) is 0 Å². The van der Waals surface area contributed by atoms with Crippen molar-refractivity contribution in [2.75, 3.05) is 7.11 Å². The van der Waals surface area contributed by atoms with Crippen molar-refractivity contribution in [1.82, 2.24) is 0 Å². The third-order valence-electron chi connectivity index (χ3n) is 4.58. The first-order valence-electron chi connectivity index (χ1n) is 8.68. The summed E-state index contributed by atoms with van der Waals surface area (Å²) >= 11 is 0. The van der Waals surface area contributed by atoms with Crippen LogP contribution < -0.4 is 5.19 Å². The van der Waals surface area contributed by atoms with Gasteiger partial charge in [-0.2, -0.15) is 0 Å². The van der Waals surface area contributed by atoms with Crippen LogP contribution in [0.15, 0.2) is 24.3 Å². The second-order valence-corrected chi connectivity index (χ2v) is 13.0. The Morgan fingerprint density at radius 1 is 1.13 bits per heavy atom. The molecule has 132 valence electrons. The Hall–Kier alpha value is -1.09. The van der Waals surface area contributed by atoms with Gasteiger partial charge >= 0.3 is 5.97 Å². The third kappa shape index (κ3) is 7.34. The summed E-state index contributed by atoms with van der Waals surface area (Å²) in [7, 11) is 0.315. The minimum Gasteiger partial charge on any atom is -0.469 e. The van der Waals surface area contributed by atoms with E-state index in [9.17, 15) is 4.79 Å². The lowest BCUT2D eigenvalue weighted by atomic mass is 9.91. The maximum atomic E-state index is 10.8. The van der Waals surface area contributed by atoms with Gasteiger partial charge in [-0.05, 0) is 38.2 Å². The summed E-state index contributed by atoms with van der Waals surface area (Å²) in [6.07, 6.45) is 2.05. The number of esters is 1. The Morgan fingerprint density at radius 3 is 1.87 bits per heavy atom. The van der Waals surface area contributed by atoms with E-state index in [1.165, 1.54) is 19.1 Å². The predicted octanol–water partition coefficient (Wildman–Crippen LogP) is 5.34. The van der Waals surface area contributed by atoms with Gasteiger partial charge < -0.3 is 4.74 Å². The van der Waals surface area contributed by atoms with E-state index in [-0.39, 0.29) is 11.4 Å². The number of hydrogen-bond acceptors (Lipinski definition) is 2. The fourth-order valence-corrected chi connectivity index (χ4v) is 3.13. The highest BCUT2D eigenvalue weighted by atomic mass is 28.3. The summed E-state index contributed by atoms with van der Waals surface area (Å²) in [6, 6.07) is 9.27. The zero-order valence-corrected chi connectivity index (χ0v) is 17.6. The van der Waals surface area contributed by atoms with E-state index in [4.69, 9.17) is 0 Å². The molecule has 0 aliphatic heterocycles. The molecule has 0 radical (unpaired) electrons. The summed E-state index contributed by atoms with van der Waals surface area (Å²) in [6.45, 7) is 17.4. The van der Waals surface area contributed by atoms with Crippen LogP contribution in [0.5, 0.6) is 0 Å². The van der Waals surface area contributed by atoms with Crippen molar-refractivity contribution in [1.29, 1.82) is 0 Å². The molecule has 0 heterocycles. The summed E-state index contributed by atoms with van der Waals surface area (Å²) < 4.78 is 4.57. The summed E-state index contributed by atoms with van der Waals surface area (Å²) in [5.41, 5.74) is 1.17. The van der Waals surface area contributed by atoms with E-state index >= 15 is 0 Å². The third-order valence-corrected chi connectivity index (χ3v) is 6.65. The SMILES string of the molecule is CCC(C)(C)C(=O)OC.CCC(C)c1ccc([Si](C)(C)C)cc1. The largest absolute Gasteiger partial charge is 0.469 e. The van der Waals surface area contributed by atoms with Gasteiger partial charge in [0.05, 0.1) is 20.6 Å². The topological polar surface area (TPSA) is 26.3 Å². The van der Waals surface area contributed by atoms with Crippen LogP contribution in [0.4, 0.5) is 0 Å². The summed E-state index contributed by atoms with van der Waals surface area (Å²) in [5.74, 6) is 0.565. The molecule has 0 aliphatic rings. The van der Waals surface area contributed by atoms with E-state index < -0.39 is 8.07 Å². The van der Waals surface area contributed by atoms with Crippen molar-refractivity contribution >= 4 is 19.2 Å². The minimum atomic E-state index is -1.10. The van der Waals surface area contributed by atoms with Crippen LogP contribution in [0.25, 0.3) is 0 Å². The number of carbonyl (C=O) groups is 1. The van der Waals surface area contributed by atoms with Crippen molar-refractivity contribution in [3.05, 3.63) is 29.8 Å². The number of methoxy groups -OCH3 is 1. The zero-order chi connectivity index (χ0) is 18.3. The zero-order valence-electron chi connectivity index (χ0n) is 16.6. The standard InChI is InChI=1S/C13H22Si.C7H14O2/c1-6-11(2)12-7-9-13(10-8-12)14(3,4)5;1-5-7(2,3)6(8)9-4/h7-11H,6H2,1-5H3;5H2,1-4H3. The number of carbonyl (C=O) groups excluding carboxylic acids is 1. The van der Waals surface area contributed by atoms with Crippen molar-refractivity contribution < 1.29 is 9.53 Å². The lowest BCUT2D eigenvalue weighted by Crippen LogP contribution is -2.37. The van der Waals surface area contributed by atoms with Crippen LogP contribution in [-0.2, 0) is 9.53 Å². The molecule has 0 fully saturated rings. The number of rotatable bonds is 5. The molecule has 0 amide bonds. The van der Waals surface area contributed by atoms with Gasteiger partial charge in [0.25, 0.3) is 0 Å². The van der Waals surface area contributed by atoms with Crippen LogP contribution >= 0.6 is 0 Å². The lowest BCUT2D eigenvalue weighted by Gasteiger charge is -2.18. The summed E-state index contributed by atoms with van der Waals surface area (Å²) in [5, 5.41) is 1.56. The average Bonchev–Trinajstić information content (AvgIpc) is 2.53.